The molecule has 0 bridgehead atoms. The molecule has 0 unspecified atom stereocenters. The number of nitrogens with zero attached hydrogens (tertiary/aromatic N) is 3. The lowest BCUT2D eigenvalue weighted by Crippen LogP contribution is -2.48. The van der Waals surface area contributed by atoms with E-state index in [9.17, 15) is 5.11 Å². The minimum Gasteiger partial charge on any atom is -0.493 e. The van der Waals surface area contributed by atoms with E-state index in [2.05, 4.69) is 10.00 Å². The zero-order valence-electron chi connectivity index (χ0n) is 20.2. The zero-order valence-corrected chi connectivity index (χ0v) is 20.9. The van der Waals surface area contributed by atoms with Crippen molar-refractivity contribution in [2.45, 2.75) is 25.6 Å². The van der Waals surface area contributed by atoms with Crippen LogP contribution >= 0.6 is 11.6 Å². The highest BCUT2D eigenvalue weighted by Crippen LogP contribution is 2.29. The SMILES string of the molecule is COc1cc(CN2CCOC[C@@](O)(COc3cccc(Cl)c3)C2)ccc1OCCn1cc(C)cn1. The molecular formula is C26H32ClN3O5. The number of aryl methyl sites for hydroxylation is 1. The highest BCUT2D eigenvalue weighted by Gasteiger charge is 2.33. The number of aromatic nitrogens is 2. The van der Waals surface area contributed by atoms with Gasteiger partial charge in [-0.15, -0.1) is 0 Å². The van der Waals surface area contributed by atoms with Crippen molar-refractivity contribution in [1.29, 1.82) is 0 Å². The predicted molar refractivity (Wildman–Crippen MR) is 133 cm³/mol. The molecule has 9 heteroatoms. The van der Waals surface area contributed by atoms with Gasteiger partial charge in [-0.1, -0.05) is 23.7 Å². The maximum Gasteiger partial charge on any atom is 0.161 e. The third-order valence-corrected chi connectivity index (χ3v) is 5.95. The summed E-state index contributed by atoms with van der Waals surface area (Å²) in [6.07, 6.45) is 3.81. The minimum atomic E-state index is -1.14. The normalized spacial score (nSPS) is 18.7. The molecular weight excluding hydrogens is 470 g/mol. The van der Waals surface area contributed by atoms with Gasteiger partial charge in [-0.2, -0.15) is 5.10 Å². The fraction of sp³-hybridized carbons (Fsp3) is 0.423. The summed E-state index contributed by atoms with van der Waals surface area (Å²) < 4.78 is 24.9. The van der Waals surface area contributed by atoms with Gasteiger partial charge >= 0.3 is 0 Å². The fourth-order valence-electron chi connectivity index (χ4n) is 4.02. The smallest absolute Gasteiger partial charge is 0.161 e. The van der Waals surface area contributed by atoms with Crippen molar-refractivity contribution in [2.24, 2.45) is 0 Å². The van der Waals surface area contributed by atoms with Crippen LogP contribution < -0.4 is 14.2 Å². The Morgan fingerprint density at radius 3 is 2.83 bits per heavy atom. The highest BCUT2D eigenvalue weighted by atomic mass is 35.5. The van der Waals surface area contributed by atoms with Crippen LogP contribution in [-0.4, -0.2) is 72.0 Å². The molecule has 1 aliphatic rings. The Kier molecular flexibility index (Phi) is 8.51. The minimum absolute atomic E-state index is 0.107. The van der Waals surface area contributed by atoms with Crippen molar-refractivity contribution in [3.05, 3.63) is 71.0 Å². The monoisotopic (exact) mass is 501 g/mol. The molecule has 0 spiro atoms. The lowest BCUT2D eigenvalue weighted by Gasteiger charge is -2.30. The van der Waals surface area contributed by atoms with E-state index < -0.39 is 5.60 Å². The summed E-state index contributed by atoms with van der Waals surface area (Å²) in [6.45, 7) is 5.74. The lowest BCUT2D eigenvalue weighted by atomic mass is 10.1. The molecule has 1 saturated heterocycles. The van der Waals surface area contributed by atoms with E-state index in [0.29, 0.717) is 61.7 Å². The van der Waals surface area contributed by atoms with Crippen LogP contribution in [0.25, 0.3) is 0 Å². The molecule has 188 valence electrons. The Bertz CT molecular complexity index is 1110. The molecule has 1 N–H and O–H groups in total. The van der Waals surface area contributed by atoms with Gasteiger partial charge in [0.05, 0.1) is 33.1 Å². The number of ether oxygens (including phenoxy) is 4. The number of hydrogen-bond acceptors (Lipinski definition) is 7. The summed E-state index contributed by atoms with van der Waals surface area (Å²) >= 11 is 6.03. The second kappa shape index (κ2) is 11.8. The zero-order chi connectivity index (χ0) is 24.7. The van der Waals surface area contributed by atoms with Gasteiger partial charge in [-0.3, -0.25) is 9.58 Å². The number of hydrogen-bond donors (Lipinski definition) is 1. The number of benzene rings is 2. The van der Waals surface area contributed by atoms with E-state index in [-0.39, 0.29) is 13.2 Å². The number of rotatable bonds is 10. The molecule has 1 atom stereocenters. The third kappa shape index (κ3) is 7.35. The molecule has 1 aromatic heterocycles. The molecule has 4 rings (SSSR count). The average molecular weight is 502 g/mol. The maximum absolute atomic E-state index is 11.2. The van der Waals surface area contributed by atoms with Gasteiger partial charge in [0, 0.05) is 30.9 Å². The van der Waals surface area contributed by atoms with E-state index in [4.69, 9.17) is 30.5 Å². The van der Waals surface area contributed by atoms with Crippen LogP contribution in [0.2, 0.25) is 5.02 Å². The molecule has 1 fully saturated rings. The molecule has 2 aromatic carbocycles. The fourth-order valence-corrected chi connectivity index (χ4v) is 4.20. The van der Waals surface area contributed by atoms with E-state index in [1.54, 1.807) is 19.2 Å². The van der Waals surface area contributed by atoms with E-state index in [1.165, 1.54) is 0 Å². The summed E-state index contributed by atoms with van der Waals surface area (Å²) in [5, 5.41) is 16.1. The predicted octanol–water partition coefficient (Wildman–Crippen LogP) is 3.57. The molecule has 35 heavy (non-hydrogen) atoms. The van der Waals surface area contributed by atoms with Crippen LogP contribution in [0.3, 0.4) is 0 Å². The number of β-amino-alcohol motifs (C(OH)–C–C–N with tert-alkyl or cyclic N) is 1. The third-order valence-electron chi connectivity index (χ3n) is 5.72. The molecule has 2 heterocycles. The average Bonchev–Trinajstić information content (AvgIpc) is 3.16. The Morgan fingerprint density at radius 2 is 2.06 bits per heavy atom. The summed E-state index contributed by atoms with van der Waals surface area (Å²) in [4.78, 5) is 2.16. The second-order valence-corrected chi connectivity index (χ2v) is 9.28. The molecule has 0 aliphatic carbocycles. The van der Waals surface area contributed by atoms with Crippen molar-refractivity contribution in [3.63, 3.8) is 0 Å². The summed E-state index contributed by atoms with van der Waals surface area (Å²) in [6, 6.07) is 13.1. The van der Waals surface area contributed by atoms with Crippen molar-refractivity contribution in [1.82, 2.24) is 14.7 Å². The van der Waals surface area contributed by atoms with Gasteiger partial charge in [0.1, 0.15) is 24.6 Å². The van der Waals surface area contributed by atoms with E-state index >= 15 is 0 Å². The van der Waals surface area contributed by atoms with Gasteiger partial charge < -0.3 is 24.1 Å². The van der Waals surface area contributed by atoms with Crippen molar-refractivity contribution in [2.75, 3.05) is 46.6 Å². The van der Waals surface area contributed by atoms with Crippen LogP contribution in [-0.2, 0) is 17.8 Å². The standard InChI is InChI=1S/C26H32ClN3O5/c1-20-14-28-30(15-20)9-11-34-24-7-6-21(12-25(24)32-2)16-29-8-10-33-18-26(31,17-29)19-35-23-5-3-4-22(27)13-23/h3-7,12-15,31H,8-11,16-19H2,1-2H3/t26-/m1/s1. The van der Waals surface area contributed by atoms with Gasteiger partial charge in [0.25, 0.3) is 0 Å². The highest BCUT2D eigenvalue weighted by molar-refractivity contribution is 6.30. The molecule has 0 amide bonds. The van der Waals surface area contributed by atoms with Crippen LogP contribution in [0, 0.1) is 6.92 Å². The Labute approximate surface area is 210 Å². The van der Waals surface area contributed by atoms with Crippen LogP contribution in [0.1, 0.15) is 11.1 Å². The number of aliphatic hydroxyl groups is 1. The molecule has 3 aromatic rings. The topological polar surface area (TPSA) is 78.2 Å². The number of halogens is 1. The maximum atomic E-state index is 11.2. The van der Waals surface area contributed by atoms with Gasteiger partial charge in [0.2, 0.25) is 0 Å². The van der Waals surface area contributed by atoms with Crippen LogP contribution in [0.15, 0.2) is 54.9 Å². The van der Waals surface area contributed by atoms with E-state index in [0.717, 1.165) is 11.1 Å². The quantitative estimate of drug-likeness (QED) is 0.455. The van der Waals surface area contributed by atoms with Crippen molar-refractivity contribution in [3.8, 4) is 17.2 Å². The van der Waals surface area contributed by atoms with E-state index in [1.807, 2.05) is 54.3 Å². The first kappa shape index (κ1) is 25.3. The number of methoxy groups -OCH3 is 1. The second-order valence-electron chi connectivity index (χ2n) is 8.85. The van der Waals surface area contributed by atoms with Crippen molar-refractivity contribution < 1.29 is 24.1 Å². The summed E-state index contributed by atoms with van der Waals surface area (Å²) in [5.41, 5.74) is 1.03. The first-order chi connectivity index (χ1) is 16.9. The Balaban J connectivity index is 1.35. The molecule has 0 radical (unpaired) electrons. The van der Waals surface area contributed by atoms with Gasteiger partial charge in [0.15, 0.2) is 11.5 Å². The molecule has 0 saturated carbocycles. The van der Waals surface area contributed by atoms with Crippen molar-refractivity contribution >= 4 is 11.6 Å². The first-order valence-corrected chi connectivity index (χ1v) is 12.0. The lowest BCUT2D eigenvalue weighted by molar-refractivity contribution is -0.0646. The first-order valence-electron chi connectivity index (χ1n) is 11.6. The Morgan fingerprint density at radius 1 is 1.17 bits per heavy atom. The van der Waals surface area contributed by atoms with Gasteiger partial charge in [-0.25, -0.2) is 0 Å². The van der Waals surface area contributed by atoms with Gasteiger partial charge in [-0.05, 0) is 48.4 Å². The summed E-state index contributed by atoms with van der Waals surface area (Å²) in [7, 11) is 1.63. The van der Waals surface area contributed by atoms with Crippen LogP contribution in [0.4, 0.5) is 0 Å². The van der Waals surface area contributed by atoms with Crippen LogP contribution in [0.5, 0.6) is 17.2 Å². The Hall–Kier alpha value is -2.78. The molecule has 1 aliphatic heterocycles. The summed E-state index contributed by atoms with van der Waals surface area (Å²) in [5.74, 6) is 1.97. The largest absolute Gasteiger partial charge is 0.493 e. The molecule has 8 nitrogen and oxygen atoms in total.